The highest BCUT2D eigenvalue weighted by atomic mass is 16.6. The van der Waals surface area contributed by atoms with Crippen molar-refractivity contribution in [1.29, 1.82) is 0 Å². The van der Waals surface area contributed by atoms with Crippen LogP contribution < -0.4 is 0 Å². The molecule has 0 atom stereocenters. The van der Waals surface area contributed by atoms with Crippen molar-refractivity contribution < 1.29 is 14.3 Å². The van der Waals surface area contributed by atoms with E-state index in [1.807, 2.05) is 42.2 Å². The van der Waals surface area contributed by atoms with Crippen LogP contribution in [0.1, 0.15) is 25.3 Å². The Bertz CT molecular complexity index is 476. The lowest BCUT2D eigenvalue weighted by atomic mass is 10.2. The Morgan fingerprint density at radius 3 is 2.43 bits per heavy atom. The minimum atomic E-state index is -0.301. The molecular weight excluding hydrogens is 268 g/mol. The fourth-order valence-corrected chi connectivity index (χ4v) is 2.38. The highest BCUT2D eigenvalue weighted by Crippen LogP contribution is 2.08. The molecule has 1 fully saturated rings. The van der Waals surface area contributed by atoms with Gasteiger partial charge in [-0.1, -0.05) is 37.3 Å². The fourth-order valence-electron chi connectivity index (χ4n) is 2.38. The standard InChI is InChI=1S/C16H22N2O3/c1-2-15(19)17-9-6-10-18(12-11-17)16(20)21-13-14-7-4-3-5-8-14/h3-5,7-8H,2,6,9-13H2,1H3. The summed E-state index contributed by atoms with van der Waals surface area (Å²) in [6.45, 7) is 4.63. The van der Waals surface area contributed by atoms with Gasteiger partial charge in [0.05, 0.1) is 0 Å². The zero-order chi connectivity index (χ0) is 15.1. The van der Waals surface area contributed by atoms with Crippen molar-refractivity contribution in [2.24, 2.45) is 0 Å². The van der Waals surface area contributed by atoms with Crippen molar-refractivity contribution in [3.63, 3.8) is 0 Å². The van der Waals surface area contributed by atoms with E-state index in [2.05, 4.69) is 0 Å². The number of hydrogen-bond acceptors (Lipinski definition) is 3. The van der Waals surface area contributed by atoms with Gasteiger partial charge >= 0.3 is 6.09 Å². The fraction of sp³-hybridized carbons (Fsp3) is 0.500. The number of benzene rings is 1. The maximum atomic E-state index is 12.1. The van der Waals surface area contributed by atoms with Crippen molar-refractivity contribution in [3.05, 3.63) is 35.9 Å². The van der Waals surface area contributed by atoms with Gasteiger partial charge in [-0.3, -0.25) is 4.79 Å². The molecule has 21 heavy (non-hydrogen) atoms. The number of hydrogen-bond donors (Lipinski definition) is 0. The van der Waals surface area contributed by atoms with Crippen LogP contribution in [-0.4, -0.2) is 48.0 Å². The van der Waals surface area contributed by atoms with Crippen molar-refractivity contribution in [2.45, 2.75) is 26.4 Å². The predicted molar refractivity (Wildman–Crippen MR) is 79.7 cm³/mol. The number of carbonyl (C=O) groups is 2. The molecule has 1 heterocycles. The van der Waals surface area contributed by atoms with Gasteiger partial charge in [0.2, 0.25) is 5.91 Å². The summed E-state index contributed by atoms with van der Waals surface area (Å²) in [5.74, 6) is 0.148. The number of nitrogens with zero attached hydrogens (tertiary/aromatic N) is 2. The minimum Gasteiger partial charge on any atom is -0.445 e. The summed E-state index contributed by atoms with van der Waals surface area (Å²) in [7, 11) is 0. The largest absolute Gasteiger partial charge is 0.445 e. The zero-order valence-electron chi connectivity index (χ0n) is 12.5. The van der Waals surface area contributed by atoms with Crippen LogP contribution in [0.5, 0.6) is 0 Å². The number of carbonyl (C=O) groups excluding carboxylic acids is 2. The monoisotopic (exact) mass is 290 g/mol. The molecule has 1 aromatic carbocycles. The lowest BCUT2D eigenvalue weighted by Crippen LogP contribution is -2.37. The van der Waals surface area contributed by atoms with E-state index in [1.54, 1.807) is 4.90 Å². The van der Waals surface area contributed by atoms with Gasteiger partial charge in [0.15, 0.2) is 0 Å². The van der Waals surface area contributed by atoms with E-state index < -0.39 is 0 Å². The van der Waals surface area contributed by atoms with Crippen molar-refractivity contribution >= 4 is 12.0 Å². The molecule has 0 aromatic heterocycles. The second kappa shape index (κ2) is 7.67. The normalized spacial score (nSPS) is 15.5. The molecule has 1 aromatic rings. The van der Waals surface area contributed by atoms with Crippen molar-refractivity contribution in [3.8, 4) is 0 Å². The SMILES string of the molecule is CCC(=O)N1CCCN(C(=O)OCc2ccccc2)CC1. The van der Waals surface area contributed by atoms with Gasteiger partial charge in [0.25, 0.3) is 0 Å². The highest BCUT2D eigenvalue weighted by molar-refractivity contribution is 5.76. The molecule has 5 nitrogen and oxygen atoms in total. The molecule has 114 valence electrons. The first-order valence-corrected chi connectivity index (χ1v) is 7.44. The molecule has 0 radical (unpaired) electrons. The van der Waals surface area contributed by atoms with Crippen LogP contribution >= 0.6 is 0 Å². The second-order valence-electron chi connectivity index (χ2n) is 5.12. The smallest absolute Gasteiger partial charge is 0.410 e. The van der Waals surface area contributed by atoms with Crippen LogP contribution in [0.15, 0.2) is 30.3 Å². The molecule has 0 aliphatic carbocycles. The highest BCUT2D eigenvalue weighted by Gasteiger charge is 2.21. The Morgan fingerprint density at radius 2 is 1.71 bits per heavy atom. The van der Waals surface area contributed by atoms with Gasteiger partial charge in [-0.2, -0.15) is 0 Å². The van der Waals surface area contributed by atoms with Gasteiger partial charge in [-0.05, 0) is 12.0 Å². The van der Waals surface area contributed by atoms with E-state index in [4.69, 9.17) is 4.74 Å². The Kier molecular flexibility index (Phi) is 5.60. The van der Waals surface area contributed by atoms with E-state index in [1.165, 1.54) is 0 Å². The summed E-state index contributed by atoms with van der Waals surface area (Å²) >= 11 is 0. The molecule has 1 saturated heterocycles. The average Bonchev–Trinajstić information content (AvgIpc) is 2.79. The Hall–Kier alpha value is -2.04. The number of amides is 2. The van der Waals surface area contributed by atoms with Crippen LogP contribution in [0.3, 0.4) is 0 Å². The lowest BCUT2D eigenvalue weighted by Gasteiger charge is -2.21. The van der Waals surface area contributed by atoms with E-state index in [0.717, 1.165) is 18.5 Å². The molecule has 0 bridgehead atoms. The third-order valence-corrected chi connectivity index (χ3v) is 3.61. The summed E-state index contributed by atoms with van der Waals surface area (Å²) < 4.78 is 5.33. The summed E-state index contributed by atoms with van der Waals surface area (Å²) in [4.78, 5) is 27.3. The third-order valence-electron chi connectivity index (χ3n) is 3.61. The van der Waals surface area contributed by atoms with E-state index in [0.29, 0.717) is 26.1 Å². The van der Waals surface area contributed by atoms with Crippen molar-refractivity contribution in [2.75, 3.05) is 26.2 Å². The van der Waals surface area contributed by atoms with E-state index >= 15 is 0 Å². The van der Waals surface area contributed by atoms with E-state index in [-0.39, 0.29) is 18.6 Å². The first-order valence-electron chi connectivity index (χ1n) is 7.44. The summed E-state index contributed by atoms with van der Waals surface area (Å²) in [6, 6.07) is 9.63. The maximum Gasteiger partial charge on any atom is 0.410 e. The third kappa shape index (κ3) is 4.48. The van der Waals surface area contributed by atoms with Gasteiger partial charge in [-0.15, -0.1) is 0 Å². The van der Waals surface area contributed by atoms with Crippen LogP contribution in [0, 0.1) is 0 Å². The van der Waals surface area contributed by atoms with Gasteiger partial charge in [-0.25, -0.2) is 4.79 Å². The molecule has 5 heteroatoms. The van der Waals surface area contributed by atoms with Crippen molar-refractivity contribution in [1.82, 2.24) is 9.80 Å². The summed E-state index contributed by atoms with van der Waals surface area (Å²) in [5, 5.41) is 0. The lowest BCUT2D eigenvalue weighted by molar-refractivity contribution is -0.130. The molecule has 2 rings (SSSR count). The minimum absolute atomic E-state index is 0.148. The van der Waals surface area contributed by atoms with Crippen LogP contribution in [0.25, 0.3) is 0 Å². The van der Waals surface area contributed by atoms with Gasteiger partial charge in [0.1, 0.15) is 6.61 Å². The molecule has 1 aliphatic heterocycles. The Morgan fingerprint density at radius 1 is 1.05 bits per heavy atom. The molecule has 0 N–H and O–H groups in total. The van der Waals surface area contributed by atoms with E-state index in [9.17, 15) is 9.59 Å². The summed E-state index contributed by atoms with van der Waals surface area (Å²) in [6.07, 6.45) is 1.01. The first-order chi connectivity index (χ1) is 10.2. The average molecular weight is 290 g/mol. The molecule has 0 unspecified atom stereocenters. The molecular formula is C16H22N2O3. The predicted octanol–water partition coefficient (Wildman–Crippen LogP) is 2.27. The topological polar surface area (TPSA) is 49.9 Å². The van der Waals surface area contributed by atoms with Crippen LogP contribution in [0.4, 0.5) is 4.79 Å². The molecule has 0 saturated carbocycles. The van der Waals surface area contributed by atoms with Crippen LogP contribution in [-0.2, 0) is 16.1 Å². The number of rotatable bonds is 3. The molecule has 2 amide bonds. The Balaban J connectivity index is 1.81. The van der Waals surface area contributed by atoms with Crippen LogP contribution in [0.2, 0.25) is 0 Å². The first kappa shape index (κ1) is 15.4. The number of ether oxygens (including phenoxy) is 1. The van der Waals surface area contributed by atoms with Gasteiger partial charge < -0.3 is 14.5 Å². The quantitative estimate of drug-likeness (QED) is 0.858. The summed E-state index contributed by atoms with van der Waals surface area (Å²) in [5.41, 5.74) is 0.975. The second-order valence-corrected chi connectivity index (χ2v) is 5.12. The molecule has 1 aliphatic rings. The Labute approximate surface area is 125 Å². The molecule has 0 spiro atoms. The zero-order valence-corrected chi connectivity index (χ0v) is 12.5. The van der Waals surface area contributed by atoms with Gasteiger partial charge in [0, 0.05) is 32.6 Å². The maximum absolute atomic E-state index is 12.1.